The molecule has 0 spiro atoms. The van der Waals surface area contributed by atoms with E-state index in [1.54, 1.807) is 24.3 Å². The fraction of sp³-hybridized carbons (Fsp3) is 0.154. The van der Waals surface area contributed by atoms with Crippen LogP contribution < -0.4 is 5.32 Å². The van der Waals surface area contributed by atoms with Gasteiger partial charge in [0.05, 0.1) is 12.0 Å². The van der Waals surface area contributed by atoms with Crippen molar-refractivity contribution < 1.29 is 24.6 Å². The van der Waals surface area contributed by atoms with Gasteiger partial charge >= 0.3 is 11.9 Å². The minimum absolute atomic E-state index is 0.275. The first-order valence-corrected chi connectivity index (χ1v) is 5.80. The molecule has 0 saturated carbocycles. The van der Waals surface area contributed by atoms with Crippen molar-refractivity contribution in [3.63, 3.8) is 0 Å². The van der Waals surface area contributed by atoms with Gasteiger partial charge in [-0.05, 0) is 6.07 Å². The van der Waals surface area contributed by atoms with E-state index in [0.717, 1.165) is 5.52 Å². The number of amides is 1. The molecule has 1 aromatic heterocycles. The highest BCUT2D eigenvalue weighted by atomic mass is 16.4. The molecule has 20 heavy (non-hydrogen) atoms. The number of carboxylic acid groups (broad SMARTS) is 2. The highest BCUT2D eigenvalue weighted by molar-refractivity contribution is 6.07. The Morgan fingerprint density at radius 1 is 1.20 bits per heavy atom. The maximum absolute atomic E-state index is 12.0. The molecule has 2 rings (SSSR count). The number of benzene rings is 1. The number of carboxylic acids is 2. The van der Waals surface area contributed by atoms with Gasteiger partial charge in [0.2, 0.25) is 0 Å². The number of rotatable bonds is 5. The molecule has 7 heteroatoms. The predicted octanol–water partition coefficient (Wildman–Crippen LogP) is 0.826. The van der Waals surface area contributed by atoms with Crippen LogP contribution in [0, 0.1) is 0 Å². The third kappa shape index (κ3) is 2.77. The molecule has 4 N–H and O–H groups in total. The summed E-state index contributed by atoms with van der Waals surface area (Å²) in [5.41, 5.74) is 1.01. The first kappa shape index (κ1) is 13.6. The Bertz CT molecular complexity index is 676. The second-order valence-electron chi connectivity index (χ2n) is 4.21. The predicted molar refractivity (Wildman–Crippen MR) is 69.4 cm³/mol. The topological polar surface area (TPSA) is 119 Å². The molecule has 1 aromatic carbocycles. The number of nitrogens with one attached hydrogen (secondary N) is 2. The van der Waals surface area contributed by atoms with Crippen molar-refractivity contribution in [3.05, 3.63) is 36.0 Å². The zero-order valence-corrected chi connectivity index (χ0v) is 10.3. The fourth-order valence-corrected chi connectivity index (χ4v) is 1.87. The summed E-state index contributed by atoms with van der Waals surface area (Å²) in [6.07, 6.45) is 0.781. The van der Waals surface area contributed by atoms with Gasteiger partial charge in [0.15, 0.2) is 0 Å². The molecule has 1 atom stereocenters. The van der Waals surface area contributed by atoms with Crippen molar-refractivity contribution in [1.29, 1.82) is 0 Å². The molecule has 0 fully saturated rings. The van der Waals surface area contributed by atoms with Crippen LogP contribution in [-0.4, -0.2) is 39.1 Å². The highest BCUT2D eigenvalue weighted by Crippen LogP contribution is 2.17. The second kappa shape index (κ2) is 5.43. The van der Waals surface area contributed by atoms with Gasteiger partial charge in [-0.2, -0.15) is 0 Å². The number of fused-ring (bicyclic) bond motifs is 1. The molecule has 1 unspecified atom stereocenters. The summed E-state index contributed by atoms with van der Waals surface area (Å²) in [7, 11) is 0. The van der Waals surface area contributed by atoms with E-state index in [2.05, 4.69) is 10.3 Å². The number of carbonyl (C=O) groups excluding carboxylic acids is 1. The van der Waals surface area contributed by atoms with Crippen molar-refractivity contribution >= 4 is 28.7 Å². The van der Waals surface area contributed by atoms with Crippen LogP contribution in [0.25, 0.3) is 10.9 Å². The van der Waals surface area contributed by atoms with Gasteiger partial charge in [0.1, 0.15) is 6.04 Å². The summed E-state index contributed by atoms with van der Waals surface area (Å²) in [6.45, 7) is 0. The van der Waals surface area contributed by atoms with E-state index in [1.165, 1.54) is 6.20 Å². The number of aliphatic carboxylic acids is 2. The van der Waals surface area contributed by atoms with Crippen LogP contribution >= 0.6 is 0 Å². The van der Waals surface area contributed by atoms with Gasteiger partial charge in [-0.1, -0.05) is 18.2 Å². The maximum Gasteiger partial charge on any atom is 0.326 e. The van der Waals surface area contributed by atoms with Crippen molar-refractivity contribution in [3.8, 4) is 0 Å². The van der Waals surface area contributed by atoms with Crippen LogP contribution in [0.1, 0.15) is 16.8 Å². The van der Waals surface area contributed by atoms with Gasteiger partial charge in [-0.25, -0.2) is 4.79 Å². The van der Waals surface area contributed by atoms with Gasteiger partial charge in [-0.15, -0.1) is 0 Å². The number of carbonyl (C=O) groups is 3. The molecular weight excluding hydrogens is 264 g/mol. The summed E-state index contributed by atoms with van der Waals surface area (Å²) >= 11 is 0. The summed E-state index contributed by atoms with van der Waals surface area (Å²) < 4.78 is 0. The smallest absolute Gasteiger partial charge is 0.326 e. The van der Waals surface area contributed by atoms with E-state index in [-0.39, 0.29) is 5.56 Å². The number of para-hydroxylation sites is 1. The van der Waals surface area contributed by atoms with Crippen LogP contribution in [0.2, 0.25) is 0 Å². The lowest BCUT2D eigenvalue weighted by Crippen LogP contribution is -2.42. The molecule has 1 amide bonds. The Morgan fingerprint density at radius 2 is 1.90 bits per heavy atom. The third-order valence-electron chi connectivity index (χ3n) is 2.82. The number of hydrogen-bond donors (Lipinski definition) is 4. The summed E-state index contributed by atoms with van der Waals surface area (Å²) in [4.78, 5) is 36.4. The molecule has 0 bridgehead atoms. The molecule has 2 aromatic rings. The SMILES string of the molecule is O=C(O)CC(NC(=O)c1c[nH]c2ccccc12)C(=O)O. The van der Waals surface area contributed by atoms with E-state index in [1.807, 2.05) is 0 Å². The zero-order chi connectivity index (χ0) is 14.7. The Morgan fingerprint density at radius 3 is 2.55 bits per heavy atom. The highest BCUT2D eigenvalue weighted by Gasteiger charge is 2.24. The molecule has 0 radical (unpaired) electrons. The largest absolute Gasteiger partial charge is 0.481 e. The van der Waals surface area contributed by atoms with E-state index in [9.17, 15) is 14.4 Å². The normalized spacial score (nSPS) is 12.0. The Labute approximate surface area is 113 Å². The average molecular weight is 276 g/mol. The minimum atomic E-state index is -1.46. The van der Waals surface area contributed by atoms with Gasteiger partial charge in [-0.3, -0.25) is 9.59 Å². The van der Waals surface area contributed by atoms with Crippen LogP contribution in [0.5, 0.6) is 0 Å². The van der Waals surface area contributed by atoms with E-state index in [4.69, 9.17) is 10.2 Å². The lowest BCUT2D eigenvalue weighted by atomic mass is 10.1. The van der Waals surface area contributed by atoms with Crippen molar-refractivity contribution in [2.75, 3.05) is 0 Å². The second-order valence-corrected chi connectivity index (χ2v) is 4.21. The van der Waals surface area contributed by atoms with Crippen LogP contribution in [0.3, 0.4) is 0 Å². The molecular formula is C13H12N2O5. The fourth-order valence-electron chi connectivity index (χ4n) is 1.87. The van der Waals surface area contributed by atoms with Crippen LogP contribution in [0.4, 0.5) is 0 Å². The molecule has 0 aliphatic heterocycles. The summed E-state index contributed by atoms with van der Waals surface area (Å²) in [6, 6.07) is 5.57. The minimum Gasteiger partial charge on any atom is -0.481 e. The molecule has 0 aliphatic carbocycles. The van der Waals surface area contributed by atoms with Crippen LogP contribution in [0.15, 0.2) is 30.5 Å². The average Bonchev–Trinajstić information content (AvgIpc) is 2.81. The van der Waals surface area contributed by atoms with Crippen molar-refractivity contribution in [2.24, 2.45) is 0 Å². The molecule has 0 saturated heterocycles. The maximum atomic E-state index is 12.0. The standard InChI is InChI=1S/C13H12N2O5/c16-11(17)5-10(13(19)20)15-12(18)8-6-14-9-4-2-1-3-7(8)9/h1-4,6,10,14H,5H2,(H,15,18)(H,16,17)(H,19,20). The van der Waals surface area contributed by atoms with E-state index < -0.39 is 30.3 Å². The van der Waals surface area contributed by atoms with Crippen molar-refractivity contribution in [2.45, 2.75) is 12.5 Å². The third-order valence-corrected chi connectivity index (χ3v) is 2.82. The Hall–Kier alpha value is -2.83. The lowest BCUT2D eigenvalue weighted by molar-refractivity contribution is -0.145. The van der Waals surface area contributed by atoms with Crippen molar-refractivity contribution in [1.82, 2.24) is 10.3 Å². The molecule has 104 valence electrons. The zero-order valence-electron chi connectivity index (χ0n) is 10.3. The quantitative estimate of drug-likeness (QED) is 0.644. The number of H-pyrrole nitrogens is 1. The van der Waals surface area contributed by atoms with E-state index >= 15 is 0 Å². The first-order chi connectivity index (χ1) is 9.49. The van der Waals surface area contributed by atoms with E-state index in [0.29, 0.717) is 5.39 Å². The van der Waals surface area contributed by atoms with Gasteiger partial charge < -0.3 is 20.5 Å². The monoisotopic (exact) mass is 276 g/mol. The van der Waals surface area contributed by atoms with Crippen LogP contribution in [-0.2, 0) is 9.59 Å². The molecule has 1 heterocycles. The van der Waals surface area contributed by atoms with Gasteiger partial charge in [0.25, 0.3) is 5.91 Å². The number of aromatic nitrogens is 1. The first-order valence-electron chi connectivity index (χ1n) is 5.80. The Kier molecular flexibility index (Phi) is 3.69. The number of aromatic amines is 1. The Balaban J connectivity index is 2.22. The number of hydrogen-bond acceptors (Lipinski definition) is 3. The summed E-state index contributed by atoms with van der Waals surface area (Å²) in [5.74, 6) is -3.31. The molecule has 7 nitrogen and oxygen atoms in total. The molecule has 0 aliphatic rings. The summed E-state index contributed by atoms with van der Waals surface area (Å²) in [5, 5.41) is 20.4. The van der Waals surface area contributed by atoms with Gasteiger partial charge in [0, 0.05) is 17.1 Å². The lowest BCUT2D eigenvalue weighted by Gasteiger charge is -2.11.